The van der Waals surface area contributed by atoms with Crippen molar-refractivity contribution in [2.45, 2.75) is 140 Å². The van der Waals surface area contributed by atoms with Gasteiger partial charge in [0.1, 0.15) is 6.61 Å². The fraction of sp³-hybridized carbons (Fsp3) is 0.900. The first kappa shape index (κ1) is 80.3. The predicted molar refractivity (Wildman–Crippen MR) is 295 cm³/mol. The van der Waals surface area contributed by atoms with Gasteiger partial charge < -0.3 is 69.3 Å². The largest absolute Gasteiger partial charge is 0.469 e. The normalized spacial score (nSPS) is 13.5. The number of aliphatic hydroxyl groups is 8. The lowest BCUT2D eigenvalue weighted by molar-refractivity contribution is -0.155. The van der Waals surface area contributed by atoms with Crippen LogP contribution in [0.25, 0.3) is 0 Å². The Hall–Kier alpha value is -1.61. The fourth-order valence-electron chi connectivity index (χ4n) is 4.26. The Kier molecular flexibility index (Phi) is 53.6. The fourth-order valence-corrected chi connectivity index (χ4v) is 8.63. The summed E-state index contributed by atoms with van der Waals surface area (Å²) in [6, 6.07) is 0. The average molecular weight is 1130 g/mol. The highest BCUT2D eigenvalue weighted by Gasteiger charge is 2.31. The zero-order chi connectivity index (χ0) is 57.7. The second-order valence-electron chi connectivity index (χ2n) is 19.3. The van der Waals surface area contributed by atoms with E-state index >= 15 is 0 Å². The van der Waals surface area contributed by atoms with E-state index in [0.717, 1.165) is 32.1 Å². The molecule has 0 spiro atoms. The zero-order valence-corrected chi connectivity index (χ0v) is 50.2. The van der Waals surface area contributed by atoms with Crippen LogP contribution in [0.5, 0.6) is 0 Å². The van der Waals surface area contributed by atoms with E-state index in [9.17, 15) is 29.1 Å². The molecule has 0 aromatic rings. The van der Waals surface area contributed by atoms with E-state index in [-0.39, 0.29) is 67.6 Å². The second kappa shape index (κ2) is 48.7. The summed E-state index contributed by atoms with van der Waals surface area (Å²) >= 11 is 5.75. The maximum Gasteiger partial charge on any atom is 0.312 e. The molecule has 0 heterocycles. The molecule has 0 aliphatic carbocycles. The van der Waals surface area contributed by atoms with Crippen molar-refractivity contribution in [1.29, 1.82) is 0 Å². The number of aliphatic hydroxyl groups excluding tert-OH is 8. The lowest BCUT2D eigenvalue weighted by Gasteiger charge is -2.22. The predicted octanol–water partition coefficient (Wildman–Crippen LogP) is 4.65. The summed E-state index contributed by atoms with van der Waals surface area (Å²) < 4.78 is 29.2. The van der Waals surface area contributed by atoms with Crippen LogP contribution in [-0.4, -0.2) is 215 Å². The third kappa shape index (κ3) is 47.3. The summed E-state index contributed by atoms with van der Waals surface area (Å²) in [6.45, 7) is 23.3. The van der Waals surface area contributed by atoms with Gasteiger partial charge in [0.25, 0.3) is 0 Å². The molecule has 73 heavy (non-hydrogen) atoms. The molecule has 5 atom stereocenters. The minimum atomic E-state index is -0.716. The molecule has 0 aromatic carbocycles. The lowest BCUT2D eigenvalue weighted by Crippen LogP contribution is -2.30. The number of methoxy groups -OCH3 is 3. The molecule has 0 bridgehead atoms. The van der Waals surface area contributed by atoms with Crippen molar-refractivity contribution in [2.24, 2.45) is 27.6 Å². The monoisotopic (exact) mass is 1130 g/mol. The van der Waals surface area contributed by atoms with Gasteiger partial charge in [-0.05, 0) is 74.7 Å². The van der Waals surface area contributed by atoms with Gasteiger partial charge in [-0.2, -0.15) is 47.0 Å². The maximum absolute atomic E-state index is 11.7. The topological polar surface area (TPSA) is 303 Å². The molecule has 0 saturated carbocycles. The molecular weight excluding hydrogens is 1030 g/mol. The Morgan fingerprint density at radius 2 is 0.753 bits per heavy atom. The Morgan fingerprint density at radius 3 is 1.07 bits per heavy atom. The molecule has 8 N–H and O–H groups in total. The quantitative estimate of drug-likeness (QED) is 0.0243. The highest BCUT2D eigenvalue weighted by Crippen LogP contribution is 2.26. The number of hydrogen-bond acceptors (Lipinski definition) is 23. The van der Waals surface area contributed by atoms with Crippen LogP contribution in [-0.2, 0) is 52.4 Å². The molecule has 0 fully saturated rings. The molecule has 19 nitrogen and oxygen atoms in total. The van der Waals surface area contributed by atoms with Gasteiger partial charge in [0.05, 0.1) is 112 Å². The summed E-state index contributed by atoms with van der Waals surface area (Å²) in [7, 11) is 4.30. The Morgan fingerprint density at radius 1 is 0.438 bits per heavy atom. The van der Waals surface area contributed by atoms with E-state index in [1.54, 1.807) is 34.8 Å². The van der Waals surface area contributed by atoms with Crippen LogP contribution in [0.3, 0.4) is 0 Å². The van der Waals surface area contributed by atoms with E-state index in [2.05, 4.69) is 9.47 Å². The van der Waals surface area contributed by atoms with E-state index in [0.29, 0.717) is 72.5 Å². The maximum atomic E-state index is 11.7. The van der Waals surface area contributed by atoms with Crippen molar-refractivity contribution >= 4 is 76.9 Å². The van der Waals surface area contributed by atoms with Crippen LogP contribution < -0.4 is 0 Å². The molecule has 0 saturated heterocycles. The van der Waals surface area contributed by atoms with Crippen molar-refractivity contribution in [2.75, 3.05) is 120 Å². The van der Waals surface area contributed by atoms with E-state index in [1.807, 2.05) is 55.4 Å². The molecule has 0 radical (unpaired) electrons. The molecule has 0 aromatic heterocycles. The highest BCUT2D eigenvalue weighted by molar-refractivity contribution is 8.00. The van der Waals surface area contributed by atoms with Crippen molar-refractivity contribution in [1.82, 2.24) is 0 Å². The Labute approximate surface area is 455 Å². The zero-order valence-electron chi connectivity index (χ0n) is 46.9. The van der Waals surface area contributed by atoms with Gasteiger partial charge >= 0.3 is 29.8 Å². The van der Waals surface area contributed by atoms with Gasteiger partial charge in [-0.15, -0.1) is 0 Å². The number of esters is 5. The van der Waals surface area contributed by atoms with E-state index in [1.165, 1.54) is 61.3 Å². The van der Waals surface area contributed by atoms with Gasteiger partial charge in [-0.25, -0.2) is 0 Å². The van der Waals surface area contributed by atoms with Crippen LogP contribution in [0.15, 0.2) is 0 Å². The summed E-state index contributed by atoms with van der Waals surface area (Å²) in [5.74, 6) is 2.85. The van der Waals surface area contributed by atoms with Gasteiger partial charge in [-0.3, -0.25) is 24.0 Å². The Bertz CT molecular complexity index is 1330. The van der Waals surface area contributed by atoms with E-state index < -0.39 is 40.7 Å². The van der Waals surface area contributed by atoms with Crippen molar-refractivity contribution in [3.8, 4) is 0 Å². The smallest absolute Gasteiger partial charge is 0.312 e. The summed E-state index contributed by atoms with van der Waals surface area (Å²) in [5, 5.41) is 70.8. The number of hydrogen-bond donors (Lipinski definition) is 8. The highest BCUT2D eigenvalue weighted by atomic mass is 32.2. The first-order chi connectivity index (χ1) is 34.0. The minimum Gasteiger partial charge on any atom is -0.469 e. The number of thioether (sulfide) groups is 4. The minimum absolute atomic E-state index is 0.151. The molecule has 0 aliphatic heterocycles. The van der Waals surface area contributed by atoms with Crippen LogP contribution in [0.4, 0.5) is 0 Å². The molecule has 5 unspecified atom stereocenters. The Balaban J connectivity index is -0.000000265. The van der Waals surface area contributed by atoms with Crippen LogP contribution in [0.2, 0.25) is 0 Å². The van der Waals surface area contributed by atoms with Crippen molar-refractivity contribution < 1.29 is 93.2 Å². The standard InChI is InChI=1S/C12H24O4S.C11H22O4S.2C9H18O4S.C9H18O3/c1-4-5-6-16-11(15)12(2,3)9-17-8-10(14)7-13;1-3-4-5-15-11(14)9(2)7-16-8-10(13)6-12;2*1-9(2,8(12)13-3)6-14-5-7(11)4-10;1-5-9(2,3)8(10)12-7-6-11-4/h10,13-14H,4-9H2,1-3H3;9-10,12-13H,3-8H2,1-2H3;2*7,10-11H,4-6H2,1-3H3;5-7H2,1-4H3. The van der Waals surface area contributed by atoms with Crippen LogP contribution in [0.1, 0.15) is 115 Å². The van der Waals surface area contributed by atoms with Crippen molar-refractivity contribution in [3.05, 3.63) is 0 Å². The number of carbonyl (C=O) groups is 5. The second-order valence-corrected chi connectivity index (χ2v) is 23.5. The van der Waals surface area contributed by atoms with Gasteiger partial charge in [0.2, 0.25) is 0 Å². The van der Waals surface area contributed by atoms with Crippen molar-refractivity contribution in [3.63, 3.8) is 0 Å². The molecule has 438 valence electrons. The average Bonchev–Trinajstić information content (AvgIpc) is 3.35. The van der Waals surface area contributed by atoms with Crippen LogP contribution in [0, 0.1) is 27.6 Å². The van der Waals surface area contributed by atoms with Crippen LogP contribution >= 0.6 is 47.0 Å². The van der Waals surface area contributed by atoms with Gasteiger partial charge in [0.15, 0.2) is 0 Å². The lowest BCUT2D eigenvalue weighted by atomic mass is 9.91. The number of unbranched alkanes of at least 4 members (excludes halogenated alkanes) is 2. The molecule has 0 amide bonds. The first-order valence-corrected chi connectivity index (χ1v) is 29.2. The number of carbonyl (C=O) groups excluding carboxylic acids is 5. The summed E-state index contributed by atoms with van der Waals surface area (Å²) in [5.41, 5.74) is -2.01. The number of ether oxygens (including phenoxy) is 6. The number of rotatable bonds is 35. The molecule has 0 rings (SSSR count). The van der Waals surface area contributed by atoms with E-state index in [4.69, 9.17) is 54.7 Å². The molecule has 0 aliphatic rings. The summed E-state index contributed by atoms with van der Waals surface area (Å²) in [4.78, 5) is 56.9. The third-order valence-electron chi connectivity index (χ3n) is 9.70. The molecular formula is C50H100O19S4. The first-order valence-electron chi connectivity index (χ1n) is 24.6. The molecule has 23 heteroatoms. The summed E-state index contributed by atoms with van der Waals surface area (Å²) in [6.07, 6.45) is 1.75. The third-order valence-corrected chi connectivity index (χ3v) is 15.7. The van der Waals surface area contributed by atoms with Gasteiger partial charge in [0, 0.05) is 53.1 Å². The SMILES string of the molecule is CCC(C)(C)C(=O)OCCOC.CCCCOC(=O)C(C)(C)CSCC(O)CO.CCCCOC(=O)C(C)CSCC(O)CO.COC(=O)C(C)(C)CSCC(O)CO.COC(=O)C(C)(C)CSCC(O)CO. The van der Waals surface area contributed by atoms with Gasteiger partial charge in [-0.1, -0.05) is 40.5 Å².